The van der Waals surface area contributed by atoms with Gasteiger partial charge in [0.1, 0.15) is 0 Å². The van der Waals surface area contributed by atoms with E-state index in [0.29, 0.717) is 24.2 Å². The molecule has 40 heavy (non-hydrogen) atoms. The number of hydrogen-bond donors (Lipinski definition) is 0. The Kier molecular flexibility index (Phi) is 12.3. The van der Waals surface area contributed by atoms with E-state index in [1.807, 2.05) is 12.1 Å². The van der Waals surface area contributed by atoms with Crippen LogP contribution in [0.25, 0.3) is 0 Å². The lowest BCUT2D eigenvalue weighted by molar-refractivity contribution is -0.248. The average Bonchev–Trinajstić information content (AvgIpc) is 2.98. The molecule has 0 spiro atoms. The van der Waals surface area contributed by atoms with Gasteiger partial charge in [-0.05, 0) is 105 Å². The SMILES string of the molecule is C/C=C/C1CCC(c2ccc(C(F)(F)OCCc3ccc(C4CCC(CCCCCCC)CC4)cc3)cc2)CC1. The Morgan fingerprint density at radius 1 is 0.750 bits per heavy atom. The van der Waals surface area contributed by atoms with Crippen molar-refractivity contribution in [1.29, 1.82) is 0 Å². The number of rotatable bonds is 14. The van der Waals surface area contributed by atoms with Gasteiger partial charge in [0.05, 0.1) is 12.2 Å². The van der Waals surface area contributed by atoms with Crippen molar-refractivity contribution in [2.75, 3.05) is 6.61 Å². The van der Waals surface area contributed by atoms with Crippen LogP contribution in [-0.2, 0) is 17.3 Å². The summed E-state index contributed by atoms with van der Waals surface area (Å²) in [5, 5.41) is 0. The summed E-state index contributed by atoms with van der Waals surface area (Å²) in [7, 11) is 0. The summed E-state index contributed by atoms with van der Waals surface area (Å²) >= 11 is 0. The van der Waals surface area contributed by atoms with Gasteiger partial charge in [0.2, 0.25) is 0 Å². The Bertz CT molecular complexity index is 993. The number of halogens is 2. The third kappa shape index (κ3) is 9.26. The van der Waals surface area contributed by atoms with E-state index in [4.69, 9.17) is 4.74 Å². The maximum absolute atomic E-state index is 14.8. The quantitative estimate of drug-likeness (QED) is 0.168. The number of hydrogen-bond acceptors (Lipinski definition) is 1. The Morgan fingerprint density at radius 2 is 1.32 bits per heavy atom. The molecule has 1 nitrogen and oxygen atoms in total. The van der Waals surface area contributed by atoms with Crippen molar-refractivity contribution in [1.82, 2.24) is 0 Å². The number of alkyl halides is 2. The molecule has 2 aliphatic carbocycles. The van der Waals surface area contributed by atoms with Gasteiger partial charge in [0.15, 0.2) is 0 Å². The van der Waals surface area contributed by atoms with Crippen LogP contribution in [0.15, 0.2) is 60.7 Å². The van der Waals surface area contributed by atoms with Crippen LogP contribution < -0.4 is 0 Å². The van der Waals surface area contributed by atoms with Crippen LogP contribution in [0.3, 0.4) is 0 Å². The van der Waals surface area contributed by atoms with E-state index >= 15 is 0 Å². The largest absolute Gasteiger partial charge is 0.383 e. The van der Waals surface area contributed by atoms with Crippen molar-refractivity contribution in [2.45, 2.75) is 128 Å². The zero-order valence-electron chi connectivity index (χ0n) is 25.1. The van der Waals surface area contributed by atoms with Gasteiger partial charge in [0, 0.05) is 0 Å². The summed E-state index contributed by atoms with van der Waals surface area (Å²) in [6.45, 7) is 4.36. The highest BCUT2D eigenvalue weighted by Gasteiger charge is 2.33. The first-order chi connectivity index (χ1) is 19.5. The standard InChI is InChI=1S/C37H52F2O/c1-3-5-6-7-8-10-30-13-19-32(20-14-30)33-21-15-31(16-22-33)27-28-40-37(38,39)36-25-23-35(24-26-36)34-17-11-29(9-4-2)12-18-34/h4,9,15-16,21-26,29-30,32,34H,3,5-8,10-14,17-20,27-28H2,1-2H3/b9-4+. The topological polar surface area (TPSA) is 9.23 Å². The highest BCUT2D eigenvalue weighted by Crippen LogP contribution is 2.39. The second kappa shape index (κ2) is 15.9. The lowest BCUT2D eigenvalue weighted by Crippen LogP contribution is -2.20. The fraction of sp³-hybridized carbons (Fsp3) is 0.622. The summed E-state index contributed by atoms with van der Waals surface area (Å²) in [5.74, 6) is 2.71. The minimum Gasteiger partial charge on any atom is -0.316 e. The molecule has 0 radical (unpaired) electrons. The Balaban J connectivity index is 1.17. The summed E-state index contributed by atoms with van der Waals surface area (Å²) in [6, 6.07) is 15.5. The molecule has 2 aromatic carbocycles. The second-order valence-corrected chi connectivity index (χ2v) is 12.5. The second-order valence-electron chi connectivity index (χ2n) is 12.5. The van der Waals surface area contributed by atoms with Gasteiger partial charge in [-0.15, -0.1) is 0 Å². The monoisotopic (exact) mass is 550 g/mol. The minimum absolute atomic E-state index is 0.00637. The summed E-state index contributed by atoms with van der Waals surface area (Å²) in [6.07, 6.45) is 19.8. The molecule has 0 bridgehead atoms. The van der Waals surface area contributed by atoms with Gasteiger partial charge in [-0.3, -0.25) is 0 Å². The fourth-order valence-electron chi connectivity index (χ4n) is 7.02. The normalized spacial score (nSPS) is 24.0. The highest BCUT2D eigenvalue weighted by molar-refractivity contribution is 5.28. The Hall–Kier alpha value is -2.00. The highest BCUT2D eigenvalue weighted by atomic mass is 19.3. The molecule has 0 aromatic heterocycles. The molecule has 0 atom stereocenters. The lowest BCUT2D eigenvalue weighted by Gasteiger charge is -2.29. The third-order valence-electron chi connectivity index (χ3n) is 9.64. The molecule has 0 aliphatic heterocycles. The smallest absolute Gasteiger partial charge is 0.316 e. The molecule has 0 amide bonds. The van der Waals surface area contributed by atoms with Gasteiger partial charge in [-0.1, -0.05) is 106 Å². The molecule has 2 saturated carbocycles. The maximum Gasteiger partial charge on any atom is 0.383 e. The molecule has 0 N–H and O–H groups in total. The third-order valence-corrected chi connectivity index (χ3v) is 9.64. The number of allylic oxidation sites excluding steroid dienone is 2. The van der Waals surface area contributed by atoms with Crippen LogP contribution in [0, 0.1) is 11.8 Å². The molecule has 0 saturated heterocycles. The average molecular weight is 551 g/mol. The van der Waals surface area contributed by atoms with Crippen molar-refractivity contribution in [3.63, 3.8) is 0 Å². The van der Waals surface area contributed by atoms with Crippen molar-refractivity contribution in [3.05, 3.63) is 82.9 Å². The number of ether oxygens (including phenoxy) is 1. The van der Waals surface area contributed by atoms with Crippen LogP contribution >= 0.6 is 0 Å². The Labute approximate surface area is 242 Å². The first-order valence-corrected chi connectivity index (χ1v) is 16.3. The molecule has 0 heterocycles. The van der Waals surface area contributed by atoms with Crippen LogP contribution in [0.5, 0.6) is 0 Å². The summed E-state index contributed by atoms with van der Waals surface area (Å²) < 4.78 is 34.7. The Morgan fingerprint density at radius 3 is 1.93 bits per heavy atom. The van der Waals surface area contributed by atoms with E-state index in [1.54, 1.807) is 12.1 Å². The van der Waals surface area contributed by atoms with Gasteiger partial charge in [-0.2, -0.15) is 8.78 Å². The molecule has 3 heteroatoms. The van der Waals surface area contributed by atoms with Crippen LogP contribution in [0.4, 0.5) is 8.78 Å². The first kappa shape index (κ1) is 30.9. The van der Waals surface area contributed by atoms with E-state index in [2.05, 4.69) is 50.3 Å². The van der Waals surface area contributed by atoms with E-state index in [9.17, 15) is 8.78 Å². The fourth-order valence-corrected chi connectivity index (χ4v) is 7.02. The predicted octanol–water partition coefficient (Wildman–Crippen LogP) is 11.5. The minimum atomic E-state index is -3.27. The molecular formula is C37H52F2O. The van der Waals surface area contributed by atoms with Crippen molar-refractivity contribution >= 4 is 0 Å². The molecule has 4 rings (SSSR count). The first-order valence-electron chi connectivity index (χ1n) is 16.3. The lowest BCUT2D eigenvalue weighted by atomic mass is 9.77. The van der Waals surface area contributed by atoms with Gasteiger partial charge in [0.25, 0.3) is 0 Å². The van der Waals surface area contributed by atoms with Gasteiger partial charge in [-0.25, -0.2) is 0 Å². The van der Waals surface area contributed by atoms with E-state index < -0.39 is 6.11 Å². The molecule has 0 unspecified atom stereocenters. The molecule has 2 aliphatic rings. The van der Waals surface area contributed by atoms with E-state index in [0.717, 1.165) is 24.3 Å². The number of unbranched alkanes of at least 4 members (excludes halogenated alkanes) is 4. The van der Waals surface area contributed by atoms with Crippen molar-refractivity contribution < 1.29 is 13.5 Å². The molecule has 2 aromatic rings. The van der Waals surface area contributed by atoms with Gasteiger partial charge >= 0.3 is 6.11 Å². The van der Waals surface area contributed by atoms with Crippen LogP contribution in [0.2, 0.25) is 0 Å². The number of benzene rings is 2. The molecule has 220 valence electrons. The van der Waals surface area contributed by atoms with E-state index in [-0.39, 0.29) is 12.2 Å². The maximum atomic E-state index is 14.8. The zero-order chi connectivity index (χ0) is 28.2. The predicted molar refractivity (Wildman–Crippen MR) is 164 cm³/mol. The molecular weight excluding hydrogens is 498 g/mol. The van der Waals surface area contributed by atoms with Crippen molar-refractivity contribution in [2.24, 2.45) is 11.8 Å². The molecule has 2 fully saturated rings. The van der Waals surface area contributed by atoms with E-state index in [1.165, 1.54) is 88.2 Å². The van der Waals surface area contributed by atoms with Gasteiger partial charge < -0.3 is 4.74 Å². The zero-order valence-corrected chi connectivity index (χ0v) is 25.1. The summed E-state index contributed by atoms with van der Waals surface area (Å²) in [5.41, 5.74) is 3.59. The van der Waals surface area contributed by atoms with Crippen LogP contribution in [-0.4, -0.2) is 6.61 Å². The van der Waals surface area contributed by atoms with Crippen molar-refractivity contribution in [3.8, 4) is 0 Å². The van der Waals surface area contributed by atoms with Crippen LogP contribution in [0.1, 0.15) is 138 Å². The summed E-state index contributed by atoms with van der Waals surface area (Å²) in [4.78, 5) is 0.